The second-order valence-electron chi connectivity index (χ2n) is 6.51. The molecule has 0 aliphatic carbocycles. The van der Waals surface area contributed by atoms with Crippen LogP contribution in [0.1, 0.15) is 15.9 Å². The van der Waals surface area contributed by atoms with Crippen LogP contribution in [-0.4, -0.2) is 17.4 Å². The van der Waals surface area contributed by atoms with Gasteiger partial charge in [-0.25, -0.2) is 0 Å². The van der Waals surface area contributed by atoms with Gasteiger partial charge in [0.05, 0.1) is 5.52 Å². The summed E-state index contributed by atoms with van der Waals surface area (Å²) in [5, 5.41) is 5.84. The van der Waals surface area contributed by atoms with Gasteiger partial charge in [-0.2, -0.15) is 0 Å². The quantitative estimate of drug-likeness (QED) is 0.490. The Kier molecular flexibility index (Phi) is 4.34. The highest BCUT2D eigenvalue weighted by Crippen LogP contribution is 2.18. The number of rotatable bonds is 4. The zero-order chi connectivity index (χ0) is 18.8. The number of hydrogen-bond donors (Lipinski definition) is 3. The molecule has 4 aromatic rings. The summed E-state index contributed by atoms with van der Waals surface area (Å²) in [7, 11) is 0. The van der Waals surface area contributed by atoms with Gasteiger partial charge in [-0.3, -0.25) is 9.59 Å². The highest BCUT2D eigenvalue weighted by Gasteiger charge is 2.12. The average molecular weight is 357 g/mol. The van der Waals surface area contributed by atoms with Crippen molar-refractivity contribution in [1.82, 2.24) is 10.3 Å². The molecule has 0 spiro atoms. The van der Waals surface area contributed by atoms with Crippen LogP contribution in [0.4, 0.5) is 5.69 Å². The number of aromatic nitrogens is 1. The second kappa shape index (κ2) is 6.96. The van der Waals surface area contributed by atoms with Crippen molar-refractivity contribution in [3.63, 3.8) is 0 Å². The first kappa shape index (κ1) is 16.8. The molecule has 0 aliphatic rings. The Morgan fingerprint density at radius 1 is 0.963 bits per heavy atom. The fourth-order valence-corrected chi connectivity index (χ4v) is 3.23. The third-order valence-corrected chi connectivity index (χ3v) is 4.68. The lowest BCUT2D eigenvalue weighted by Gasteiger charge is -2.08. The van der Waals surface area contributed by atoms with Crippen molar-refractivity contribution in [2.24, 2.45) is 0 Å². The zero-order valence-corrected chi connectivity index (χ0v) is 14.7. The maximum atomic E-state index is 12.5. The lowest BCUT2D eigenvalue weighted by molar-refractivity contribution is 0.0953. The van der Waals surface area contributed by atoms with E-state index in [2.05, 4.69) is 40.6 Å². The maximum absolute atomic E-state index is 12.5. The number of H-pyrrole nitrogens is 1. The summed E-state index contributed by atoms with van der Waals surface area (Å²) in [6.45, 7) is 0.443. The van der Waals surface area contributed by atoms with E-state index in [-0.39, 0.29) is 5.56 Å². The Hall–Kier alpha value is -3.60. The molecule has 0 unspecified atom stereocenters. The number of nitrogen functional groups attached to an aromatic ring is 1. The highest BCUT2D eigenvalue weighted by atomic mass is 16.2. The van der Waals surface area contributed by atoms with Crippen LogP contribution in [0.5, 0.6) is 0 Å². The zero-order valence-electron chi connectivity index (χ0n) is 14.7. The molecule has 0 saturated carbocycles. The Morgan fingerprint density at radius 2 is 1.78 bits per heavy atom. The lowest BCUT2D eigenvalue weighted by atomic mass is 10.1. The number of carbonyl (C=O) groups is 1. The first-order chi connectivity index (χ1) is 13.1. The summed E-state index contributed by atoms with van der Waals surface area (Å²) in [6, 6.07) is 21.2. The topological polar surface area (TPSA) is 88.0 Å². The SMILES string of the molecule is Nc1cccc2[nH]c(=O)c(C(=O)NCCc3ccc4ccccc4c3)cc12. The van der Waals surface area contributed by atoms with Crippen molar-refractivity contribution < 1.29 is 4.79 Å². The molecular formula is C22H19N3O2. The standard InChI is InChI=1S/C22H19N3O2/c23-19-6-3-7-20-17(19)13-18(22(27)25-20)21(26)24-11-10-14-8-9-15-4-1-2-5-16(15)12-14/h1-9,12-13H,10-11,23H2,(H,24,26)(H,25,27). The Morgan fingerprint density at radius 3 is 2.63 bits per heavy atom. The fourth-order valence-electron chi connectivity index (χ4n) is 3.23. The molecule has 134 valence electrons. The van der Waals surface area contributed by atoms with Crippen molar-refractivity contribution in [3.05, 3.63) is 88.2 Å². The van der Waals surface area contributed by atoms with Crippen molar-refractivity contribution >= 4 is 33.3 Å². The Balaban J connectivity index is 1.49. The highest BCUT2D eigenvalue weighted by molar-refractivity contribution is 5.99. The average Bonchev–Trinajstić information content (AvgIpc) is 2.67. The van der Waals surface area contributed by atoms with E-state index in [1.165, 1.54) is 10.8 Å². The van der Waals surface area contributed by atoms with Crippen LogP contribution in [0.2, 0.25) is 0 Å². The van der Waals surface area contributed by atoms with Crippen LogP contribution >= 0.6 is 0 Å². The van der Waals surface area contributed by atoms with E-state index in [1.54, 1.807) is 24.3 Å². The van der Waals surface area contributed by atoms with Gasteiger partial charge in [0.15, 0.2) is 0 Å². The number of anilines is 1. The number of nitrogens with one attached hydrogen (secondary N) is 2. The number of carbonyl (C=O) groups excluding carboxylic acids is 1. The van der Waals surface area contributed by atoms with E-state index in [1.807, 2.05) is 12.1 Å². The molecule has 27 heavy (non-hydrogen) atoms. The van der Waals surface area contributed by atoms with Gasteiger partial charge in [-0.05, 0) is 41.0 Å². The number of hydrogen-bond acceptors (Lipinski definition) is 3. The summed E-state index contributed by atoms with van der Waals surface area (Å²) < 4.78 is 0. The molecule has 0 atom stereocenters. The van der Waals surface area contributed by atoms with Crippen molar-refractivity contribution in [2.45, 2.75) is 6.42 Å². The first-order valence-electron chi connectivity index (χ1n) is 8.79. The Labute approximate surface area is 155 Å². The number of nitrogens with two attached hydrogens (primary N) is 1. The molecule has 1 aromatic heterocycles. The molecule has 0 aliphatic heterocycles. The number of pyridine rings is 1. The summed E-state index contributed by atoms with van der Waals surface area (Å²) in [5.74, 6) is -0.401. The molecule has 0 saturated heterocycles. The number of amides is 1. The van der Waals surface area contributed by atoms with Crippen molar-refractivity contribution in [2.75, 3.05) is 12.3 Å². The van der Waals surface area contributed by atoms with Crippen molar-refractivity contribution in [1.29, 1.82) is 0 Å². The predicted octanol–water partition coefficient (Wildman–Crippen LogP) is 3.24. The summed E-state index contributed by atoms with van der Waals surface area (Å²) in [5.41, 5.74) is 7.86. The molecule has 5 heteroatoms. The van der Waals surface area contributed by atoms with E-state index in [9.17, 15) is 9.59 Å². The minimum absolute atomic E-state index is 0.0684. The smallest absolute Gasteiger partial charge is 0.261 e. The van der Waals surface area contributed by atoms with Gasteiger partial charge in [-0.1, -0.05) is 48.5 Å². The summed E-state index contributed by atoms with van der Waals surface area (Å²) in [6.07, 6.45) is 0.685. The van der Waals surface area contributed by atoms with E-state index >= 15 is 0 Å². The van der Waals surface area contributed by atoms with Crippen LogP contribution < -0.4 is 16.6 Å². The molecule has 0 fully saturated rings. The summed E-state index contributed by atoms with van der Waals surface area (Å²) in [4.78, 5) is 27.4. The minimum Gasteiger partial charge on any atom is -0.398 e. The molecule has 5 nitrogen and oxygen atoms in total. The number of benzene rings is 3. The van der Waals surface area contributed by atoms with E-state index < -0.39 is 11.5 Å². The van der Waals surface area contributed by atoms with E-state index in [4.69, 9.17) is 5.73 Å². The maximum Gasteiger partial charge on any atom is 0.261 e. The molecule has 1 amide bonds. The molecule has 0 radical (unpaired) electrons. The van der Waals surface area contributed by atoms with Gasteiger partial charge in [-0.15, -0.1) is 0 Å². The van der Waals surface area contributed by atoms with Crippen LogP contribution in [0.3, 0.4) is 0 Å². The van der Waals surface area contributed by atoms with Gasteiger partial charge in [0.1, 0.15) is 5.56 Å². The van der Waals surface area contributed by atoms with E-state index in [0.717, 1.165) is 5.56 Å². The van der Waals surface area contributed by atoms with Crippen LogP contribution in [0.25, 0.3) is 21.7 Å². The molecule has 0 bridgehead atoms. The monoisotopic (exact) mass is 357 g/mol. The van der Waals surface area contributed by atoms with Gasteiger partial charge in [0, 0.05) is 17.6 Å². The van der Waals surface area contributed by atoms with Gasteiger partial charge < -0.3 is 16.0 Å². The normalized spacial score (nSPS) is 11.0. The molecular weight excluding hydrogens is 338 g/mol. The third kappa shape index (κ3) is 3.40. The van der Waals surface area contributed by atoms with Crippen molar-refractivity contribution in [3.8, 4) is 0 Å². The van der Waals surface area contributed by atoms with Gasteiger partial charge >= 0.3 is 0 Å². The number of fused-ring (bicyclic) bond motifs is 2. The van der Waals surface area contributed by atoms with Crippen LogP contribution in [-0.2, 0) is 6.42 Å². The Bertz CT molecular complexity index is 1210. The van der Waals surface area contributed by atoms with Crippen LogP contribution in [0.15, 0.2) is 71.5 Å². The fraction of sp³-hybridized carbons (Fsp3) is 0.0909. The van der Waals surface area contributed by atoms with Gasteiger partial charge in [0.2, 0.25) is 0 Å². The lowest BCUT2D eigenvalue weighted by Crippen LogP contribution is -2.31. The van der Waals surface area contributed by atoms with E-state index in [0.29, 0.717) is 29.6 Å². The minimum atomic E-state index is -0.420. The first-order valence-corrected chi connectivity index (χ1v) is 8.79. The largest absolute Gasteiger partial charge is 0.398 e. The molecule has 1 heterocycles. The molecule has 4 N–H and O–H groups in total. The molecule has 4 rings (SSSR count). The molecule has 3 aromatic carbocycles. The van der Waals surface area contributed by atoms with Crippen LogP contribution in [0, 0.1) is 0 Å². The summed E-state index contributed by atoms with van der Waals surface area (Å²) >= 11 is 0. The third-order valence-electron chi connectivity index (χ3n) is 4.68. The van der Waals surface area contributed by atoms with Gasteiger partial charge in [0.25, 0.3) is 11.5 Å². The second-order valence-corrected chi connectivity index (χ2v) is 6.51. The predicted molar refractivity (Wildman–Crippen MR) is 109 cm³/mol. The number of aromatic amines is 1.